The largest absolute Gasteiger partial charge is 0.493 e. The van der Waals surface area contributed by atoms with Gasteiger partial charge in [-0.25, -0.2) is 0 Å². The molecule has 1 aliphatic carbocycles. The second-order valence-electron chi connectivity index (χ2n) is 4.74. The van der Waals surface area contributed by atoms with E-state index in [1.807, 2.05) is 0 Å². The smallest absolute Gasteiger partial charge is 0.122 e. The van der Waals surface area contributed by atoms with Crippen molar-refractivity contribution >= 4 is 23.2 Å². The molecule has 0 amide bonds. The molecule has 1 aromatic carbocycles. The Morgan fingerprint density at radius 2 is 1.78 bits per heavy atom. The van der Waals surface area contributed by atoms with Crippen molar-refractivity contribution in [2.24, 2.45) is 0 Å². The van der Waals surface area contributed by atoms with Crippen LogP contribution in [0.4, 0.5) is 0 Å². The van der Waals surface area contributed by atoms with Crippen LogP contribution in [0.1, 0.15) is 32.1 Å². The summed E-state index contributed by atoms with van der Waals surface area (Å²) >= 11 is 11.8. The Bertz CT molecular complexity index is 360. The topological polar surface area (TPSA) is 21.3 Å². The van der Waals surface area contributed by atoms with Crippen LogP contribution in [0.2, 0.25) is 10.0 Å². The van der Waals surface area contributed by atoms with E-state index in [0.29, 0.717) is 10.0 Å². The van der Waals surface area contributed by atoms with Crippen LogP contribution >= 0.6 is 23.2 Å². The van der Waals surface area contributed by atoms with E-state index in [1.165, 1.54) is 25.7 Å². The maximum atomic E-state index is 5.89. The van der Waals surface area contributed by atoms with Gasteiger partial charge >= 0.3 is 0 Å². The van der Waals surface area contributed by atoms with Crippen LogP contribution in [0, 0.1) is 0 Å². The van der Waals surface area contributed by atoms with E-state index in [-0.39, 0.29) is 0 Å². The fourth-order valence-corrected chi connectivity index (χ4v) is 2.31. The molecule has 0 atom stereocenters. The van der Waals surface area contributed by atoms with Crippen molar-refractivity contribution in [3.05, 3.63) is 28.2 Å². The summed E-state index contributed by atoms with van der Waals surface area (Å²) in [5.74, 6) is 0.753. The average Bonchev–Trinajstić information content (AvgIpc) is 3.10. The first kappa shape index (κ1) is 14.0. The van der Waals surface area contributed by atoms with Gasteiger partial charge in [0.1, 0.15) is 5.75 Å². The molecular formula is C14H19Cl2NO. The van der Waals surface area contributed by atoms with Gasteiger partial charge in [0.15, 0.2) is 0 Å². The summed E-state index contributed by atoms with van der Waals surface area (Å²) < 4.78 is 5.62. The predicted octanol–water partition coefficient (Wildman–Crippen LogP) is 4.29. The number of halogens is 2. The SMILES string of the molecule is Clc1cc(Cl)cc(OCCCCCNC2CC2)c1. The zero-order valence-corrected chi connectivity index (χ0v) is 11.9. The van der Waals surface area contributed by atoms with E-state index < -0.39 is 0 Å². The summed E-state index contributed by atoms with van der Waals surface area (Å²) in [5, 5.41) is 4.74. The quantitative estimate of drug-likeness (QED) is 0.720. The van der Waals surface area contributed by atoms with Gasteiger partial charge in [0.05, 0.1) is 6.61 Å². The molecule has 4 heteroatoms. The molecular weight excluding hydrogens is 269 g/mol. The summed E-state index contributed by atoms with van der Waals surface area (Å²) in [7, 11) is 0. The minimum Gasteiger partial charge on any atom is -0.493 e. The molecule has 1 saturated carbocycles. The standard InChI is InChI=1S/C14H19Cl2NO/c15-11-8-12(16)10-14(9-11)18-7-3-1-2-6-17-13-4-5-13/h8-10,13,17H,1-7H2. The van der Waals surface area contributed by atoms with Crippen LogP contribution in [0.15, 0.2) is 18.2 Å². The molecule has 0 spiro atoms. The second kappa shape index (κ2) is 7.22. The van der Waals surface area contributed by atoms with Gasteiger partial charge < -0.3 is 10.1 Å². The first-order valence-electron chi connectivity index (χ1n) is 6.56. The van der Waals surface area contributed by atoms with Crippen molar-refractivity contribution in [2.45, 2.75) is 38.1 Å². The van der Waals surface area contributed by atoms with Crippen molar-refractivity contribution in [1.29, 1.82) is 0 Å². The molecule has 0 aromatic heterocycles. The molecule has 100 valence electrons. The lowest BCUT2D eigenvalue weighted by molar-refractivity contribution is 0.305. The molecule has 1 fully saturated rings. The highest BCUT2D eigenvalue weighted by molar-refractivity contribution is 6.34. The van der Waals surface area contributed by atoms with Crippen LogP contribution in [-0.4, -0.2) is 19.2 Å². The predicted molar refractivity (Wildman–Crippen MR) is 76.8 cm³/mol. The summed E-state index contributed by atoms with van der Waals surface area (Å²) in [4.78, 5) is 0. The Hall–Kier alpha value is -0.440. The Morgan fingerprint density at radius 3 is 2.44 bits per heavy atom. The van der Waals surface area contributed by atoms with Gasteiger partial charge in [-0.05, 0) is 56.8 Å². The van der Waals surface area contributed by atoms with Crippen LogP contribution in [0.25, 0.3) is 0 Å². The molecule has 0 radical (unpaired) electrons. The lowest BCUT2D eigenvalue weighted by Crippen LogP contribution is -2.17. The molecule has 1 aliphatic rings. The molecule has 2 nitrogen and oxygen atoms in total. The fraction of sp³-hybridized carbons (Fsp3) is 0.571. The highest BCUT2D eigenvalue weighted by atomic mass is 35.5. The number of hydrogen-bond acceptors (Lipinski definition) is 2. The Morgan fingerprint density at radius 1 is 1.06 bits per heavy atom. The third-order valence-electron chi connectivity index (χ3n) is 2.94. The van der Waals surface area contributed by atoms with E-state index in [0.717, 1.165) is 31.4 Å². The summed E-state index contributed by atoms with van der Waals surface area (Å²) in [6.07, 6.45) is 6.19. The number of nitrogens with one attached hydrogen (secondary N) is 1. The van der Waals surface area contributed by atoms with Crippen LogP contribution in [0.3, 0.4) is 0 Å². The first-order valence-corrected chi connectivity index (χ1v) is 7.32. The molecule has 18 heavy (non-hydrogen) atoms. The van der Waals surface area contributed by atoms with E-state index in [2.05, 4.69) is 5.32 Å². The Balaban J connectivity index is 1.53. The number of benzene rings is 1. The zero-order valence-electron chi connectivity index (χ0n) is 10.4. The van der Waals surface area contributed by atoms with Crippen LogP contribution in [-0.2, 0) is 0 Å². The fourth-order valence-electron chi connectivity index (χ4n) is 1.80. The molecule has 1 N–H and O–H groups in total. The minimum atomic E-state index is 0.617. The summed E-state index contributed by atoms with van der Waals surface area (Å²) in [6.45, 7) is 1.85. The van der Waals surface area contributed by atoms with E-state index in [9.17, 15) is 0 Å². The second-order valence-corrected chi connectivity index (χ2v) is 5.62. The number of unbranched alkanes of at least 4 members (excludes halogenated alkanes) is 2. The molecule has 0 unspecified atom stereocenters. The van der Waals surface area contributed by atoms with Crippen molar-refractivity contribution in [3.63, 3.8) is 0 Å². The third kappa shape index (κ3) is 5.47. The maximum Gasteiger partial charge on any atom is 0.122 e. The zero-order chi connectivity index (χ0) is 12.8. The molecule has 0 heterocycles. The highest BCUT2D eigenvalue weighted by Gasteiger charge is 2.19. The van der Waals surface area contributed by atoms with Gasteiger partial charge in [0.25, 0.3) is 0 Å². The minimum absolute atomic E-state index is 0.617. The monoisotopic (exact) mass is 287 g/mol. The lowest BCUT2D eigenvalue weighted by Gasteiger charge is -2.07. The van der Waals surface area contributed by atoms with E-state index in [1.54, 1.807) is 18.2 Å². The van der Waals surface area contributed by atoms with Gasteiger partial charge in [-0.2, -0.15) is 0 Å². The number of rotatable bonds is 8. The lowest BCUT2D eigenvalue weighted by atomic mass is 10.2. The van der Waals surface area contributed by atoms with Crippen LogP contribution < -0.4 is 10.1 Å². The van der Waals surface area contributed by atoms with Crippen molar-refractivity contribution in [1.82, 2.24) is 5.32 Å². The third-order valence-corrected chi connectivity index (χ3v) is 3.37. The molecule has 0 aliphatic heterocycles. The Kier molecular flexibility index (Phi) is 5.61. The number of hydrogen-bond donors (Lipinski definition) is 1. The molecule has 2 rings (SSSR count). The Labute approximate surface area is 119 Å². The van der Waals surface area contributed by atoms with Crippen LogP contribution in [0.5, 0.6) is 5.75 Å². The van der Waals surface area contributed by atoms with Crippen molar-refractivity contribution in [2.75, 3.05) is 13.2 Å². The highest BCUT2D eigenvalue weighted by Crippen LogP contribution is 2.24. The van der Waals surface area contributed by atoms with Gasteiger partial charge in [0, 0.05) is 16.1 Å². The average molecular weight is 288 g/mol. The summed E-state index contributed by atoms with van der Waals surface area (Å²) in [6, 6.07) is 6.11. The van der Waals surface area contributed by atoms with Gasteiger partial charge in [-0.3, -0.25) is 0 Å². The normalized spacial score (nSPS) is 14.8. The van der Waals surface area contributed by atoms with Gasteiger partial charge in [-0.1, -0.05) is 23.2 Å². The van der Waals surface area contributed by atoms with Gasteiger partial charge in [0.2, 0.25) is 0 Å². The van der Waals surface area contributed by atoms with E-state index >= 15 is 0 Å². The maximum absolute atomic E-state index is 5.89. The number of ether oxygens (including phenoxy) is 1. The molecule has 0 saturated heterocycles. The molecule has 1 aromatic rings. The first-order chi connectivity index (χ1) is 8.74. The van der Waals surface area contributed by atoms with Crippen molar-refractivity contribution < 1.29 is 4.74 Å². The summed E-state index contributed by atoms with van der Waals surface area (Å²) in [5.41, 5.74) is 0. The van der Waals surface area contributed by atoms with Crippen molar-refractivity contribution in [3.8, 4) is 5.75 Å². The van der Waals surface area contributed by atoms with Gasteiger partial charge in [-0.15, -0.1) is 0 Å². The van der Waals surface area contributed by atoms with E-state index in [4.69, 9.17) is 27.9 Å². The molecule has 0 bridgehead atoms.